The minimum atomic E-state index is -0.283. The molecule has 0 bridgehead atoms. The summed E-state index contributed by atoms with van der Waals surface area (Å²) in [6.45, 7) is 0. The molecule has 21 heavy (non-hydrogen) atoms. The number of hydrogen-bond donors (Lipinski definition) is 1. The first-order valence-corrected chi connectivity index (χ1v) is 6.85. The summed E-state index contributed by atoms with van der Waals surface area (Å²) in [4.78, 5) is 16.2. The highest BCUT2D eigenvalue weighted by Crippen LogP contribution is 2.15. The van der Waals surface area contributed by atoms with Crippen LogP contribution >= 0.6 is 11.6 Å². The predicted octanol–water partition coefficient (Wildman–Crippen LogP) is 3.08. The zero-order valence-electron chi connectivity index (χ0n) is 11.1. The smallest absolute Gasteiger partial charge is 0.266 e. The minimum Gasteiger partial charge on any atom is -0.266 e. The summed E-state index contributed by atoms with van der Waals surface area (Å²) < 4.78 is 0. The number of hydrogen-bond acceptors (Lipinski definition) is 3. The minimum absolute atomic E-state index is 0.283. The van der Waals surface area contributed by atoms with Crippen LogP contribution in [0.5, 0.6) is 0 Å². The molecule has 4 nitrogen and oxygen atoms in total. The van der Waals surface area contributed by atoms with Crippen LogP contribution in [0.25, 0.3) is 11.4 Å². The molecule has 0 saturated heterocycles. The number of nitrogens with one attached hydrogen (secondary N) is 1. The third-order valence-corrected chi connectivity index (χ3v) is 3.29. The van der Waals surface area contributed by atoms with Crippen molar-refractivity contribution in [3.8, 4) is 11.4 Å². The van der Waals surface area contributed by atoms with E-state index in [1.165, 1.54) is 0 Å². The van der Waals surface area contributed by atoms with Gasteiger partial charge in [-0.1, -0.05) is 54.1 Å². The van der Waals surface area contributed by atoms with Crippen molar-refractivity contribution in [2.24, 2.45) is 0 Å². The van der Waals surface area contributed by atoms with E-state index in [9.17, 15) is 4.79 Å². The first-order chi connectivity index (χ1) is 10.2. The largest absolute Gasteiger partial charge is 0.286 e. The Labute approximate surface area is 126 Å². The van der Waals surface area contributed by atoms with Crippen molar-refractivity contribution in [2.45, 2.75) is 6.42 Å². The molecule has 0 aliphatic rings. The number of aromatic nitrogens is 3. The van der Waals surface area contributed by atoms with E-state index >= 15 is 0 Å². The summed E-state index contributed by atoms with van der Waals surface area (Å²) in [5, 5.41) is 7.13. The highest BCUT2D eigenvalue weighted by atomic mass is 35.5. The number of nitrogens with zero attached hydrogens (tertiary/aromatic N) is 2. The summed E-state index contributed by atoms with van der Waals surface area (Å²) in [6.07, 6.45) is 0.415. The molecule has 104 valence electrons. The molecule has 2 aromatic carbocycles. The van der Waals surface area contributed by atoms with Crippen LogP contribution in [0.1, 0.15) is 11.3 Å². The van der Waals surface area contributed by atoms with Gasteiger partial charge < -0.3 is 0 Å². The molecule has 0 aliphatic heterocycles. The van der Waals surface area contributed by atoms with Gasteiger partial charge in [0.1, 0.15) is 5.69 Å². The van der Waals surface area contributed by atoms with E-state index < -0.39 is 0 Å². The first kappa shape index (κ1) is 13.5. The van der Waals surface area contributed by atoms with Crippen LogP contribution in [0, 0.1) is 0 Å². The Bertz CT molecular complexity index is 815. The Kier molecular flexibility index (Phi) is 3.79. The van der Waals surface area contributed by atoms with Gasteiger partial charge >= 0.3 is 0 Å². The molecule has 1 N–H and O–H groups in total. The molecule has 0 unspecified atom stereocenters. The first-order valence-electron chi connectivity index (χ1n) is 6.48. The lowest BCUT2D eigenvalue weighted by Gasteiger charge is -2.04. The van der Waals surface area contributed by atoms with Crippen molar-refractivity contribution in [1.82, 2.24) is 15.2 Å². The lowest BCUT2D eigenvalue weighted by Crippen LogP contribution is -2.18. The number of halogens is 1. The zero-order valence-corrected chi connectivity index (χ0v) is 11.8. The summed E-state index contributed by atoms with van der Waals surface area (Å²) >= 11 is 5.96. The van der Waals surface area contributed by atoms with Crippen LogP contribution < -0.4 is 5.56 Å². The fraction of sp³-hybridized carbons (Fsp3) is 0.0625. The Balaban J connectivity index is 1.97. The number of rotatable bonds is 3. The van der Waals surface area contributed by atoms with E-state index in [1.54, 1.807) is 6.07 Å². The van der Waals surface area contributed by atoms with Gasteiger partial charge in [-0.05, 0) is 17.7 Å². The van der Waals surface area contributed by atoms with E-state index in [1.807, 2.05) is 48.5 Å². The lowest BCUT2D eigenvalue weighted by atomic mass is 10.1. The van der Waals surface area contributed by atoms with Crippen LogP contribution in [0.2, 0.25) is 5.02 Å². The molecular weight excluding hydrogens is 286 g/mol. The fourth-order valence-electron chi connectivity index (χ4n) is 2.05. The van der Waals surface area contributed by atoms with E-state index in [0.717, 1.165) is 11.1 Å². The molecule has 0 fully saturated rings. The fourth-order valence-corrected chi connectivity index (χ4v) is 2.26. The van der Waals surface area contributed by atoms with Crippen molar-refractivity contribution in [3.05, 3.63) is 81.2 Å². The molecule has 1 heterocycles. The Hall–Kier alpha value is -2.46. The molecule has 1 aromatic heterocycles. The lowest BCUT2D eigenvalue weighted by molar-refractivity contribution is 0.883. The van der Waals surface area contributed by atoms with Crippen molar-refractivity contribution in [2.75, 3.05) is 0 Å². The zero-order chi connectivity index (χ0) is 14.7. The molecule has 0 amide bonds. The van der Waals surface area contributed by atoms with Crippen molar-refractivity contribution >= 4 is 11.6 Å². The molecule has 0 radical (unpaired) electrons. The number of benzene rings is 2. The van der Waals surface area contributed by atoms with Gasteiger partial charge in [-0.2, -0.15) is 5.10 Å². The van der Waals surface area contributed by atoms with E-state index in [0.29, 0.717) is 23.0 Å². The molecular formula is C16H12ClN3O. The van der Waals surface area contributed by atoms with Gasteiger partial charge in [-0.25, -0.2) is 10.1 Å². The average molecular weight is 298 g/mol. The molecule has 3 rings (SSSR count). The molecule has 0 atom stereocenters. The van der Waals surface area contributed by atoms with Crippen LogP contribution in [0.15, 0.2) is 59.4 Å². The molecule has 0 aliphatic carbocycles. The van der Waals surface area contributed by atoms with Gasteiger partial charge in [0.25, 0.3) is 5.56 Å². The maximum absolute atomic E-state index is 11.9. The second kappa shape index (κ2) is 5.89. The Morgan fingerprint density at radius 2 is 1.86 bits per heavy atom. The highest BCUT2D eigenvalue weighted by Gasteiger charge is 2.08. The molecule has 3 aromatic rings. The Morgan fingerprint density at radius 1 is 1.05 bits per heavy atom. The second-order valence-electron chi connectivity index (χ2n) is 4.61. The Morgan fingerprint density at radius 3 is 2.62 bits per heavy atom. The third kappa shape index (κ3) is 3.17. The maximum atomic E-state index is 11.9. The summed E-state index contributed by atoms with van der Waals surface area (Å²) in [5.74, 6) is 0.507. The highest BCUT2D eigenvalue weighted by molar-refractivity contribution is 6.30. The average Bonchev–Trinajstić information content (AvgIpc) is 2.50. The summed E-state index contributed by atoms with van der Waals surface area (Å²) in [6, 6.07) is 16.9. The standard InChI is InChI=1S/C16H12ClN3O/c17-13-8-4-5-11(9-13)10-14-16(21)20-19-15(18-14)12-6-2-1-3-7-12/h1-9H,10H2,(H,20,21). The number of aromatic amines is 1. The normalized spacial score (nSPS) is 10.5. The molecule has 5 heteroatoms. The van der Waals surface area contributed by atoms with Crippen LogP contribution in [0.3, 0.4) is 0 Å². The maximum Gasteiger partial charge on any atom is 0.286 e. The van der Waals surface area contributed by atoms with E-state index in [-0.39, 0.29) is 5.56 Å². The van der Waals surface area contributed by atoms with Gasteiger partial charge in [0.05, 0.1) is 0 Å². The van der Waals surface area contributed by atoms with Crippen molar-refractivity contribution < 1.29 is 0 Å². The van der Waals surface area contributed by atoms with Gasteiger partial charge in [-0.3, -0.25) is 4.79 Å². The third-order valence-electron chi connectivity index (χ3n) is 3.06. The topological polar surface area (TPSA) is 58.6 Å². The van der Waals surface area contributed by atoms with Crippen LogP contribution in [-0.2, 0) is 6.42 Å². The number of H-pyrrole nitrogens is 1. The second-order valence-corrected chi connectivity index (χ2v) is 5.04. The van der Waals surface area contributed by atoms with Gasteiger partial charge in [0.15, 0.2) is 5.82 Å². The van der Waals surface area contributed by atoms with Crippen molar-refractivity contribution in [1.29, 1.82) is 0 Å². The van der Waals surface area contributed by atoms with Gasteiger partial charge in [0, 0.05) is 17.0 Å². The molecule has 0 saturated carbocycles. The monoisotopic (exact) mass is 297 g/mol. The van der Waals surface area contributed by atoms with Crippen LogP contribution in [-0.4, -0.2) is 15.2 Å². The quantitative estimate of drug-likeness (QED) is 0.808. The van der Waals surface area contributed by atoms with E-state index in [4.69, 9.17) is 11.6 Å². The summed E-state index contributed by atoms with van der Waals surface area (Å²) in [7, 11) is 0. The van der Waals surface area contributed by atoms with Crippen LogP contribution in [0.4, 0.5) is 0 Å². The summed E-state index contributed by atoms with van der Waals surface area (Å²) in [5.41, 5.74) is 1.94. The predicted molar refractivity (Wildman–Crippen MR) is 82.3 cm³/mol. The van der Waals surface area contributed by atoms with Gasteiger partial charge in [-0.15, -0.1) is 0 Å². The van der Waals surface area contributed by atoms with E-state index in [2.05, 4.69) is 15.2 Å². The van der Waals surface area contributed by atoms with Gasteiger partial charge in [0.2, 0.25) is 0 Å². The SMILES string of the molecule is O=c1[nH]nc(-c2ccccc2)nc1Cc1cccc(Cl)c1. The van der Waals surface area contributed by atoms with Crippen molar-refractivity contribution in [3.63, 3.8) is 0 Å². The molecule has 0 spiro atoms.